The highest BCUT2D eigenvalue weighted by molar-refractivity contribution is 8.00. The van der Waals surface area contributed by atoms with Gasteiger partial charge in [0.2, 0.25) is 0 Å². The lowest BCUT2D eigenvalue weighted by atomic mass is 10.2. The van der Waals surface area contributed by atoms with E-state index < -0.39 is 11.9 Å². The molecule has 0 amide bonds. The van der Waals surface area contributed by atoms with E-state index in [1.54, 1.807) is 6.92 Å². The van der Waals surface area contributed by atoms with Gasteiger partial charge in [0.05, 0.1) is 12.4 Å². The number of ether oxygens (including phenoxy) is 1. The molecule has 0 fully saturated rings. The van der Waals surface area contributed by atoms with E-state index in [2.05, 4.69) is 0 Å². The number of nitrogens with one attached hydrogen (secondary N) is 1. The van der Waals surface area contributed by atoms with Gasteiger partial charge in [-0.2, -0.15) is 4.68 Å². The van der Waals surface area contributed by atoms with Crippen molar-refractivity contribution in [1.29, 1.82) is 5.41 Å². The van der Waals surface area contributed by atoms with Crippen LogP contribution in [0.15, 0.2) is 29.3 Å². The molecule has 2 aromatic rings. The quantitative estimate of drug-likeness (QED) is 0.840. The lowest BCUT2D eigenvalue weighted by molar-refractivity contribution is 0.0520. The first kappa shape index (κ1) is 16.5. The molecule has 0 unspecified atom stereocenters. The van der Waals surface area contributed by atoms with Crippen molar-refractivity contribution in [3.63, 3.8) is 0 Å². The minimum absolute atomic E-state index is 0.0741. The number of nitrogens with zero attached hydrogens (tertiary/aromatic N) is 2. The van der Waals surface area contributed by atoms with Gasteiger partial charge in [-0.1, -0.05) is 23.4 Å². The highest BCUT2D eigenvalue weighted by Crippen LogP contribution is 2.28. The number of rotatable bonds is 3. The smallest absolute Gasteiger partial charge is 0.344 e. The van der Waals surface area contributed by atoms with E-state index in [-0.39, 0.29) is 39.9 Å². The molecule has 0 saturated carbocycles. The topological polar surface area (TPSA) is 94.2 Å². The Labute approximate surface area is 145 Å². The number of halogens is 1. The first-order valence-corrected chi connectivity index (χ1v) is 8.38. The Hall–Kier alpha value is -2.32. The van der Waals surface area contributed by atoms with Crippen LogP contribution in [0.3, 0.4) is 0 Å². The molecule has 24 heavy (non-hydrogen) atoms. The Morgan fingerprint density at radius 1 is 1.33 bits per heavy atom. The van der Waals surface area contributed by atoms with Gasteiger partial charge in [0.25, 0.3) is 11.8 Å². The first-order chi connectivity index (χ1) is 11.5. The maximum atomic E-state index is 12.7. The lowest BCUT2D eigenvalue weighted by Crippen LogP contribution is -2.34. The number of hydrogen-bond donors (Lipinski definition) is 1. The number of thioether (sulfide) groups is 1. The van der Waals surface area contributed by atoms with E-state index in [0.29, 0.717) is 5.02 Å². The van der Waals surface area contributed by atoms with Crippen LogP contribution in [0, 0.1) is 5.41 Å². The highest BCUT2D eigenvalue weighted by atomic mass is 35.5. The van der Waals surface area contributed by atoms with Crippen molar-refractivity contribution in [2.24, 2.45) is 0 Å². The molecule has 0 spiro atoms. The molecule has 0 atom stereocenters. The summed E-state index contributed by atoms with van der Waals surface area (Å²) in [6, 6.07) is 6.06. The minimum Gasteiger partial charge on any atom is -0.462 e. The summed E-state index contributed by atoms with van der Waals surface area (Å²) < 4.78 is 6.91. The van der Waals surface area contributed by atoms with E-state index in [1.807, 2.05) is 0 Å². The van der Waals surface area contributed by atoms with Crippen LogP contribution in [-0.2, 0) is 4.74 Å². The molecular formula is C15H12ClN3O4S. The van der Waals surface area contributed by atoms with Crippen molar-refractivity contribution in [1.82, 2.24) is 9.36 Å². The van der Waals surface area contributed by atoms with E-state index in [4.69, 9.17) is 21.7 Å². The van der Waals surface area contributed by atoms with Crippen molar-refractivity contribution in [3.05, 3.63) is 45.9 Å². The summed E-state index contributed by atoms with van der Waals surface area (Å²) in [5.41, 5.74) is -0.197. The number of aromatic nitrogens is 2. The monoisotopic (exact) mass is 365 g/mol. The molecule has 0 radical (unpaired) electrons. The molecule has 1 aromatic heterocycles. The summed E-state index contributed by atoms with van der Waals surface area (Å²) in [4.78, 5) is 37.0. The van der Waals surface area contributed by atoms with Crippen LogP contribution in [0.5, 0.6) is 0 Å². The van der Waals surface area contributed by atoms with Gasteiger partial charge in [0.1, 0.15) is 10.6 Å². The van der Waals surface area contributed by atoms with Crippen LogP contribution in [0.25, 0.3) is 0 Å². The summed E-state index contributed by atoms with van der Waals surface area (Å²) >= 11 is 6.92. The fraction of sp³-hybridized carbons (Fsp3) is 0.200. The predicted octanol–water partition coefficient (Wildman–Crippen LogP) is 2.03. The second-order valence-electron chi connectivity index (χ2n) is 4.87. The zero-order chi connectivity index (χ0) is 17.4. The van der Waals surface area contributed by atoms with E-state index in [1.165, 1.54) is 24.3 Å². The number of carbonyl (C=O) groups excluding carboxylic acids is 3. The average Bonchev–Trinajstić information content (AvgIpc) is 3.05. The predicted molar refractivity (Wildman–Crippen MR) is 86.8 cm³/mol. The fourth-order valence-corrected chi connectivity index (χ4v) is 3.49. The van der Waals surface area contributed by atoms with E-state index >= 15 is 0 Å². The number of hydrogen-bond acceptors (Lipinski definition) is 6. The molecule has 124 valence electrons. The number of carbonyl (C=O) groups is 3. The Bertz CT molecular complexity index is 914. The van der Waals surface area contributed by atoms with Crippen molar-refractivity contribution in [2.75, 3.05) is 12.4 Å². The maximum Gasteiger partial charge on any atom is 0.344 e. The van der Waals surface area contributed by atoms with Crippen molar-refractivity contribution in [2.45, 2.75) is 11.9 Å². The first-order valence-electron chi connectivity index (χ1n) is 7.01. The zero-order valence-corrected chi connectivity index (χ0v) is 14.1. The van der Waals surface area contributed by atoms with E-state index in [0.717, 1.165) is 21.1 Å². The molecule has 1 aliphatic heterocycles. The van der Waals surface area contributed by atoms with Gasteiger partial charge in [-0.05, 0) is 31.2 Å². The highest BCUT2D eigenvalue weighted by Gasteiger charge is 2.34. The molecular weight excluding hydrogens is 354 g/mol. The maximum absolute atomic E-state index is 12.7. The number of fused-ring (bicyclic) bond motifs is 1. The van der Waals surface area contributed by atoms with Crippen LogP contribution in [-0.4, -0.2) is 39.5 Å². The number of benzene rings is 1. The van der Waals surface area contributed by atoms with Gasteiger partial charge in [-0.25, -0.2) is 9.48 Å². The molecule has 0 bridgehead atoms. The molecule has 1 N–H and O–H groups in total. The second-order valence-corrected chi connectivity index (χ2v) is 6.27. The normalized spacial score (nSPS) is 13.0. The standard InChI is InChI=1S/C15H12ClN3O4S/c1-2-23-15(22)11-12(17)19(18-10(20)7-24-14(11)18)13(21)8-3-5-9(16)6-4-8/h3-6,17H,2,7H2,1H3. The summed E-state index contributed by atoms with van der Waals surface area (Å²) in [7, 11) is 0. The molecule has 1 aromatic carbocycles. The molecule has 9 heteroatoms. The molecule has 3 rings (SSSR count). The van der Waals surface area contributed by atoms with Gasteiger partial charge in [0.15, 0.2) is 5.49 Å². The van der Waals surface area contributed by atoms with Crippen LogP contribution in [0.4, 0.5) is 0 Å². The second kappa shape index (κ2) is 6.29. The average molecular weight is 366 g/mol. The van der Waals surface area contributed by atoms with E-state index in [9.17, 15) is 14.4 Å². The summed E-state index contributed by atoms with van der Waals surface area (Å²) in [6.07, 6.45) is 0. The third-order valence-corrected chi connectivity index (χ3v) is 4.68. The fourth-order valence-electron chi connectivity index (χ4n) is 2.35. The summed E-state index contributed by atoms with van der Waals surface area (Å²) in [5, 5.41) is 8.91. The molecule has 2 heterocycles. The summed E-state index contributed by atoms with van der Waals surface area (Å²) in [5.74, 6) is -1.60. The summed E-state index contributed by atoms with van der Waals surface area (Å²) in [6.45, 7) is 1.77. The molecule has 1 aliphatic rings. The Kier molecular flexibility index (Phi) is 4.33. The Morgan fingerprint density at radius 3 is 2.62 bits per heavy atom. The Morgan fingerprint density at radius 2 is 2.00 bits per heavy atom. The van der Waals surface area contributed by atoms with Crippen molar-refractivity contribution in [3.8, 4) is 0 Å². The van der Waals surface area contributed by atoms with Crippen molar-refractivity contribution < 1.29 is 19.1 Å². The third kappa shape index (κ3) is 2.57. The van der Waals surface area contributed by atoms with Crippen LogP contribution >= 0.6 is 23.4 Å². The lowest BCUT2D eigenvalue weighted by Gasteiger charge is -2.07. The molecule has 0 saturated heterocycles. The largest absolute Gasteiger partial charge is 0.462 e. The number of esters is 1. The van der Waals surface area contributed by atoms with Crippen LogP contribution < -0.4 is 5.49 Å². The zero-order valence-electron chi connectivity index (χ0n) is 12.5. The van der Waals surface area contributed by atoms with Gasteiger partial charge in [0, 0.05) is 10.6 Å². The van der Waals surface area contributed by atoms with Gasteiger partial charge in [-0.15, -0.1) is 0 Å². The van der Waals surface area contributed by atoms with Gasteiger partial charge in [-0.3, -0.25) is 15.0 Å². The van der Waals surface area contributed by atoms with Crippen LogP contribution in [0.2, 0.25) is 5.02 Å². The Balaban J connectivity index is 2.18. The molecule has 0 aliphatic carbocycles. The van der Waals surface area contributed by atoms with Gasteiger partial charge < -0.3 is 4.74 Å². The van der Waals surface area contributed by atoms with Gasteiger partial charge >= 0.3 is 5.97 Å². The van der Waals surface area contributed by atoms with Crippen LogP contribution in [0.1, 0.15) is 32.4 Å². The minimum atomic E-state index is -0.726. The third-order valence-electron chi connectivity index (χ3n) is 3.39. The van der Waals surface area contributed by atoms with Crippen molar-refractivity contribution >= 4 is 41.1 Å². The molecule has 7 nitrogen and oxygen atoms in total. The SMILES string of the molecule is CCOC(=O)c1c2n(n(C(=O)c3ccc(Cl)cc3)c1=N)C(=O)CS2.